The summed E-state index contributed by atoms with van der Waals surface area (Å²) >= 11 is 3.00. The number of fused-ring (bicyclic) bond motifs is 1. The SMILES string of the molecule is O=c1[nH]c(-c2c(Br)ccc(C(F)(F)F)c2F)nc2ccccc12. The second kappa shape index (κ2) is 5.45. The molecule has 0 radical (unpaired) electrons. The molecule has 0 spiro atoms. The van der Waals surface area contributed by atoms with Crippen LogP contribution in [0.15, 0.2) is 45.7 Å². The van der Waals surface area contributed by atoms with Gasteiger partial charge in [0.15, 0.2) is 0 Å². The maximum Gasteiger partial charge on any atom is 0.419 e. The summed E-state index contributed by atoms with van der Waals surface area (Å²) < 4.78 is 53.0. The maximum absolute atomic E-state index is 14.3. The van der Waals surface area contributed by atoms with Crippen LogP contribution in [0.3, 0.4) is 0 Å². The first-order valence-electron chi connectivity index (χ1n) is 6.33. The molecule has 118 valence electrons. The van der Waals surface area contributed by atoms with Crippen LogP contribution in [0.2, 0.25) is 0 Å². The van der Waals surface area contributed by atoms with Gasteiger partial charge < -0.3 is 4.98 Å². The summed E-state index contributed by atoms with van der Waals surface area (Å²) in [5, 5.41) is 0.264. The largest absolute Gasteiger partial charge is 0.419 e. The summed E-state index contributed by atoms with van der Waals surface area (Å²) in [6, 6.07) is 7.98. The molecule has 0 saturated heterocycles. The normalized spacial score (nSPS) is 11.9. The molecule has 1 heterocycles. The van der Waals surface area contributed by atoms with Gasteiger partial charge in [0, 0.05) is 4.47 Å². The Kier molecular flexibility index (Phi) is 3.71. The van der Waals surface area contributed by atoms with Gasteiger partial charge in [0.2, 0.25) is 0 Å². The van der Waals surface area contributed by atoms with Crippen LogP contribution in [-0.4, -0.2) is 9.97 Å². The highest BCUT2D eigenvalue weighted by Gasteiger charge is 2.36. The molecule has 1 N–H and O–H groups in total. The first-order valence-corrected chi connectivity index (χ1v) is 7.13. The standard InChI is InChI=1S/C15H7BrF4N2O/c16-9-6-5-8(15(18,19)20)12(17)11(9)13-21-10-4-2-1-3-7(10)14(23)22-13/h1-6H,(H,21,22,23). The number of aromatic nitrogens is 2. The molecule has 0 aliphatic rings. The Morgan fingerprint density at radius 1 is 1.09 bits per heavy atom. The summed E-state index contributed by atoms with van der Waals surface area (Å²) in [6.45, 7) is 0. The molecule has 0 atom stereocenters. The van der Waals surface area contributed by atoms with Crippen molar-refractivity contribution >= 4 is 26.8 Å². The lowest BCUT2D eigenvalue weighted by atomic mass is 10.1. The molecular weight excluding hydrogens is 380 g/mol. The summed E-state index contributed by atoms with van der Waals surface area (Å²) in [7, 11) is 0. The molecule has 23 heavy (non-hydrogen) atoms. The van der Waals surface area contributed by atoms with Crippen molar-refractivity contribution in [3.8, 4) is 11.4 Å². The second-order valence-electron chi connectivity index (χ2n) is 4.71. The first kappa shape index (κ1) is 15.7. The van der Waals surface area contributed by atoms with Gasteiger partial charge in [-0.2, -0.15) is 13.2 Å². The number of hydrogen-bond donors (Lipinski definition) is 1. The van der Waals surface area contributed by atoms with E-state index in [0.29, 0.717) is 6.07 Å². The molecule has 3 nitrogen and oxygen atoms in total. The highest BCUT2D eigenvalue weighted by Crippen LogP contribution is 2.38. The van der Waals surface area contributed by atoms with Crippen molar-refractivity contribution in [2.45, 2.75) is 6.18 Å². The fourth-order valence-corrected chi connectivity index (χ4v) is 2.69. The van der Waals surface area contributed by atoms with Crippen molar-refractivity contribution < 1.29 is 17.6 Å². The van der Waals surface area contributed by atoms with Crippen molar-refractivity contribution in [3.63, 3.8) is 0 Å². The molecule has 1 aromatic heterocycles. The zero-order chi connectivity index (χ0) is 16.8. The number of rotatable bonds is 1. The van der Waals surface area contributed by atoms with Crippen molar-refractivity contribution in [2.75, 3.05) is 0 Å². The summed E-state index contributed by atoms with van der Waals surface area (Å²) in [5.41, 5.74) is -2.17. The minimum absolute atomic E-state index is 0.0569. The Balaban J connectivity index is 2.33. The number of para-hydroxylation sites is 1. The number of nitrogens with zero attached hydrogens (tertiary/aromatic N) is 1. The molecule has 8 heteroatoms. The molecule has 0 aliphatic carbocycles. The number of halogens is 5. The number of alkyl halides is 3. The van der Waals surface area contributed by atoms with E-state index in [1.807, 2.05) is 0 Å². The van der Waals surface area contributed by atoms with E-state index >= 15 is 0 Å². The van der Waals surface area contributed by atoms with Crippen LogP contribution in [0.5, 0.6) is 0 Å². The van der Waals surface area contributed by atoms with Gasteiger partial charge in [0.25, 0.3) is 5.56 Å². The molecule has 3 rings (SSSR count). The predicted molar refractivity (Wildman–Crippen MR) is 80.5 cm³/mol. The average Bonchev–Trinajstić information content (AvgIpc) is 2.46. The van der Waals surface area contributed by atoms with Crippen LogP contribution in [0.1, 0.15) is 5.56 Å². The number of aromatic amines is 1. The molecule has 0 amide bonds. The fourth-order valence-electron chi connectivity index (χ4n) is 2.19. The molecule has 3 aromatic rings. The van der Waals surface area contributed by atoms with E-state index in [9.17, 15) is 22.4 Å². The van der Waals surface area contributed by atoms with E-state index in [0.717, 1.165) is 6.07 Å². The van der Waals surface area contributed by atoms with Gasteiger partial charge in [-0.25, -0.2) is 9.37 Å². The molecular formula is C15H7BrF4N2O. The van der Waals surface area contributed by atoms with Crippen molar-refractivity contribution in [3.05, 3.63) is 62.6 Å². The summed E-state index contributed by atoms with van der Waals surface area (Å²) in [4.78, 5) is 18.4. The lowest BCUT2D eigenvalue weighted by Gasteiger charge is -2.12. The monoisotopic (exact) mass is 386 g/mol. The van der Waals surface area contributed by atoms with Crippen molar-refractivity contribution in [1.82, 2.24) is 9.97 Å². The predicted octanol–water partition coefficient (Wildman–Crippen LogP) is 4.51. The highest BCUT2D eigenvalue weighted by molar-refractivity contribution is 9.10. The number of nitrogens with one attached hydrogen (secondary N) is 1. The molecule has 0 fully saturated rings. The molecule has 0 bridgehead atoms. The first-order chi connectivity index (χ1) is 10.8. The van der Waals surface area contributed by atoms with E-state index in [4.69, 9.17) is 0 Å². The van der Waals surface area contributed by atoms with Gasteiger partial charge in [-0.3, -0.25) is 4.79 Å². The Morgan fingerprint density at radius 2 is 1.78 bits per heavy atom. The number of hydrogen-bond acceptors (Lipinski definition) is 2. The van der Waals surface area contributed by atoms with Gasteiger partial charge >= 0.3 is 6.18 Å². The van der Waals surface area contributed by atoms with Gasteiger partial charge in [-0.1, -0.05) is 12.1 Å². The summed E-state index contributed by atoms with van der Waals surface area (Å²) in [5.74, 6) is -1.77. The molecule has 0 unspecified atom stereocenters. The topological polar surface area (TPSA) is 45.8 Å². The van der Waals surface area contributed by atoms with Crippen LogP contribution >= 0.6 is 15.9 Å². The third-order valence-corrected chi connectivity index (χ3v) is 3.91. The van der Waals surface area contributed by atoms with Gasteiger partial charge in [-0.15, -0.1) is 0 Å². The second-order valence-corrected chi connectivity index (χ2v) is 5.57. The quantitative estimate of drug-likeness (QED) is 0.625. The zero-order valence-electron chi connectivity index (χ0n) is 11.2. The van der Waals surface area contributed by atoms with Crippen LogP contribution in [0, 0.1) is 5.82 Å². The van der Waals surface area contributed by atoms with Gasteiger partial charge in [0.1, 0.15) is 11.6 Å². The third-order valence-electron chi connectivity index (χ3n) is 3.25. The van der Waals surface area contributed by atoms with Crippen molar-refractivity contribution in [2.24, 2.45) is 0 Å². The van der Waals surface area contributed by atoms with Crippen LogP contribution in [0.25, 0.3) is 22.3 Å². The number of H-pyrrole nitrogens is 1. The zero-order valence-corrected chi connectivity index (χ0v) is 12.8. The minimum Gasteiger partial charge on any atom is -0.306 e. The average molecular weight is 387 g/mol. The highest BCUT2D eigenvalue weighted by atomic mass is 79.9. The lowest BCUT2D eigenvalue weighted by molar-refractivity contribution is -0.139. The summed E-state index contributed by atoms with van der Waals surface area (Å²) in [6.07, 6.45) is -4.85. The Labute approximate surface area is 135 Å². The van der Waals surface area contributed by atoms with E-state index in [1.165, 1.54) is 12.1 Å². The minimum atomic E-state index is -4.85. The molecule has 2 aromatic carbocycles. The van der Waals surface area contributed by atoms with E-state index < -0.39 is 28.7 Å². The molecule has 0 aliphatic heterocycles. The Morgan fingerprint density at radius 3 is 2.48 bits per heavy atom. The Hall–Kier alpha value is -2.22. The maximum atomic E-state index is 14.3. The third kappa shape index (κ3) is 2.74. The smallest absolute Gasteiger partial charge is 0.306 e. The molecule has 0 saturated carbocycles. The lowest BCUT2D eigenvalue weighted by Crippen LogP contribution is -2.13. The van der Waals surface area contributed by atoms with Crippen LogP contribution in [0.4, 0.5) is 17.6 Å². The van der Waals surface area contributed by atoms with Crippen LogP contribution in [-0.2, 0) is 6.18 Å². The van der Waals surface area contributed by atoms with E-state index in [1.54, 1.807) is 12.1 Å². The van der Waals surface area contributed by atoms with Gasteiger partial charge in [0.05, 0.1) is 22.0 Å². The van der Waals surface area contributed by atoms with Gasteiger partial charge in [-0.05, 0) is 40.2 Å². The van der Waals surface area contributed by atoms with Crippen molar-refractivity contribution in [1.29, 1.82) is 0 Å². The van der Waals surface area contributed by atoms with E-state index in [-0.39, 0.29) is 21.2 Å². The van der Waals surface area contributed by atoms with Crippen LogP contribution < -0.4 is 5.56 Å². The number of benzene rings is 2. The Bertz CT molecular complexity index is 966. The fraction of sp³-hybridized carbons (Fsp3) is 0.0667. The van der Waals surface area contributed by atoms with E-state index in [2.05, 4.69) is 25.9 Å².